The zero-order valence-electron chi connectivity index (χ0n) is 14.1. The van der Waals surface area contributed by atoms with E-state index in [9.17, 15) is 22.7 Å². The Hall–Kier alpha value is -3.04. The zero-order valence-corrected chi connectivity index (χ0v) is 14.9. The Morgan fingerprint density at radius 1 is 1.15 bits per heavy atom. The molecule has 0 saturated carbocycles. The first-order valence-corrected chi connectivity index (χ1v) is 9.34. The van der Waals surface area contributed by atoms with Crippen LogP contribution in [-0.2, 0) is 10.0 Å². The van der Waals surface area contributed by atoms with Crippen LogP contribution in [0.2, 0.25) is 0 Å². The average molecular weight is 390 g/mol. The van der Waals surface area contributed by atoms with Crippen molar-refractivity contribution in [1.82, 2.24) is 9.88 Å². The molecule has 2 aromatic carbocycles. The summed E-state index contributed by atoms with van der Waals surface area (Å²) in [7, 11) is -3.91. The fourth-order valence-corrected chi connectivity index (χ4v) is 3.86. The van der Waals surface area contributed by atoms with Crippen molar-refractivity contribution in [3.63, 3.8) is 0 Å². The number of nitrogens with one attached hydrogen (secondary N) is 1. The van der Waals surface area contributed by atoms with Crippen molar-refractivity contribution in [2.75, 3.05) is 0 Å². The lowest BCUT2D eigenvalue weighted by atomic mass is 10.0. The number of hydrogen-bond acceptors (Lipinski definition) is 5. The zero-order chi connectivity index (χ0) is 19.6. The van der Waals surface area contributed by atoms with E-state index >= 15 is 0 Å². The predicted molar refractivity (Wildman–Crippen MR) is 94.0 cm³/mol. The summed E-state index contributed by atoms with van der Waals surface area (Å²) in [5.74, 6) is -2.35. The van der Waals surface area contributed by atoms with E-state index in [4.69, 9.17) is 4.52 Å². The molecule has 1 heterocycles. The van der Waals surface area contributed by atoms with Gasteiger partial charge >= 0.3 is 5.97 Å². The van der Waals surface area contributed by atoms with Crippen LogP contribution in [0.25, 0.3) is 11.3 Å². The van der Waals surface area contributed by atoms with E-state index in [2.05, 4.69) is 9.88 Å². The van der Waals surface area contributed by atoms with Crippen LogP contribution in [0.15, 0.2) is 64.0 Å². The first-order valence-electron chi connectivity index (χ1n) is 7.86. The van der Waals surface area contributed by atoms with Crippen molar-refractivity contribution >= 4 is 16.0 Å². The molecule has 0 amide bonds. The van der Waals surface area contributed by atoms with Crippen molar-refractivity contribution in [2.45, 2.75) is 17.9 Å². The second-order valence-electron chi connectivity index (χ2n) is 5.74. The number of carbonyl (C=O) groups is 1. The molecule has 3 rings (SSSR count). The Balaban J connectivity index is 2.03. The second kappa shape index (κ2) is 7.29. The van der Waals surface area contributed by atoms with E-state index < -0.39 is 33.6 Å². The van der Waals surface area contributed by atoms with Gasteiger partial charge in [0.1, 0.15) is 11.5 Å². The summed E-state index contributed by atoms with van der Waals surface area (Å²) in [6.45, 7) is 1.48. The number of carboxylic acids is 1. The van der Waals surface area contributed by atoms with Crippen LogP contribution >= 0.6 is 0 Å². The van der Waals surface area contributed by atoms with Gasteiger partial charge in [-0.05, 0) is 43.3 Å². The lowest BCUT2D eigenvalue weighted by Gasteiger charge is -2.15. The average Bonchev–Trinajstić information content (AvgIpc) is 3.08. The summed E-state index contributed by atoms with van der Waals surface area (Å²) in [6.07, 6.45) is 0. The van der Waals surface area contributed by atoms with Crippen molar-refractivity contribution in [1.29, 1.82) is 0 Å². The first kappa shape index (κ1) is 18.7. The highest BCUT2D eigenvalue weighted by Crippen LogP contribution is 2.31. The van der Waals surface area contributed by atoms with Crippen LogP contribution in [0.4, 0.5) is 4.39 Å². The number of sulfonamides is 1. The summed E-state index contributed by atoms with van der Waals surface area (Å²) < 4.78 is 45.6. The lowest BCUT2D eigenvalue weighted by Crippen LogP contribution is -2.28. The van der Waals surface area contributed by atoms with Gasteiger partial charge in [-0.15, -0.1) is 0 Å². The van der Waals surface area contributed by atoms with Crippen LogP contribution in [0, 0.1) is 5.82 Å². The standard InChI is InChI=1S/C18H15FN2O5S/c1-11(21-27(24,25)14-5-3-2-4-6-14)15-16(20-26-17(15)18(22)23)12-7-9-13(19)10-8-12/h2-11,21H,1H3,(H,22,23). The van der Waals surface area contributed by atoms with E-state index in [0.29, 0.717) is 5.56 Å². The third-order valence-electron chi connectivity index (χ3n) is 3.86. The number of halogens is 1. The molecular formula is C18H15FN2O5S. The smallest absolute Gasteiger partial charge is 0.375 e. The van der Waals surface area contributed by atoms with E-state index in [1.54, 1.807) is 18.2 Å². The van der Waals surface area contributed by atoms with Crippen LogP contribution in [0.5, 0.6) is 0 Å². The Morgan fingerprint density at radius 2 is 1.78 bits per heavy atom. The Bertz CT molecular complexity index is 1060. The minimum Gasteiger partial charge on any atom is -0.475 e. The van der Waals surface area contributed by atoms with Gasteiger partial charge in [0.25, 0.3) is 0 Å². The third-order valence-corrected chi connectivity index (χ3v) is 5.41. The summed E-state index contributed by atoms with van der Waals surface area (Å²) in [6, 6.07) is 11.9. The first-order chi connectivity index (χ1) is 12.8. The molecule has 1 unspecified atom stereocenters. The van der Waals surface area contributed by atoms with Gasteiger partial charge in [-0.25, -0.2) is 22.3 Å². The fraction of sp³-hybridized carbons (Fsp3) is 0.111. The summed E-state index contributed by atoms with van der Waals surface area (Å²) >= 11 is 0. The molecule has 3 aromatic rings. The minimum atomic E-state index is -3.91. The van der Waals surface area contributed by atoms with Gasteiger partial charge < -0.3 is 9.63 Å². The molecule has 2 N–H and O–H groups in total. The van der Waals surface area contributed by atoms with Gasteiger partial charge in [0.15, 0.2) is 0 Å². The number of aromatic nitrogens is 1. The molecule has 7 nitrogen and oxygen atoms in total. The SMILES string of the molecule is CC(NS(=O)(=O)c1ccccc1)c1c(-c2ccc(F)cc2)noc1C(=O)O. The number of benzene rings is 2. The van der Waals surface area contributed by atoms with E-state index in [-0.39, 0.29) is 16.2 Å². The molecule has 0 aliphatic heterocycles. The molecular weight excluding hydrogens is 375 g/mol. The highest BCUT2D eigenvalue weighted by Gasteiger charge is 2.29. The highest BCUT2D eigenvalue weighted by atomic mass is 32.2. The van der Waals surface area contributed by atoms with Gasteiger partial charge in [0.05, 0.1) is 16.5 Å². The molecule has 0 radical (unpaired) electrons. The van der Waals surface area contributed by atoms with Gasteiger partial charge in [0, 0.05) is 5.56 Å². The Morgan fingerprint density at radius 3 is 2.37 bits per heavy atom. The minimum absolute atomic E-state index is 0.0357. The second-order valence-corrected chi connectivity index (χ2v) is 7.46. The number of hydrogen-bond donors (Lipinski definition) is 2. The third kappa shape index (κ3) is 3.88. The van der Waals surface area contributed by atoms with Crippen molar-refractivity contribution in [2.24, 2.45) is 0 Å². The van der Waals surface area contributed by atoms with Gasteiger partial charge in [0.2, 0.25) is 15.8 Å². The van der Waals surface area contributed by atoms with E-state index in [1.807, 2.05) is 0 Å². The van der Waals surface area contributed by atoms with Crippen molar-refractivity contribution in [3.8, 4) is 11.3 Å². The molecule has 0 spiro atoms. The highest BCUT2D eigenvalue weighted by molar-refractivity contribution is 7.89. The van der Waals surface area contributed by atoms with Crippen LogP contribution < -0.4 is 4.72 Å². The molecule has 9 heteroatoms. The van der Waals surface area contributed by atoms with Gasteiger partial charge in [-0.3, -0.25) is 0 Å². The maximum Gasteiger partial charge on any atom is 0.375 e. The topological polar surface area (TPSA) is 110 Å². The summed E-state index contributed by atoms with van der Waals surface area (Å²) in [5.41, 5.74) is 0.567. The van der Waals surface area contributed by atoms with Crippen LogP contribution in [0.3, 0.4) is 0 Å². The summed E-state index contributed by atoms with van der Waals surface area (Å²) in [4.78, 5) is 11.5. The van der Waals surface area contributed by atoms with Gasteiger partial charge in [-0.2, -0.15) is 0 Å². The molecule has 27 heavy (non-hydrogen) atoms. The molecule has 0 saturated heterocycles. The molecule has 140 valence electrons. The molecule has 1 aromatic heterocycles. The predicted octanol–water partition coefficient (Wildman–Crippen LogP) is 3.22. The lowest BCUT2D eigenvalue weighted by molar-refractivity contribution is 0.0649. The number of nitrogens with zero attached hydrogens (tertiary/aromatic N) is 1. The summed E-state index contributed by atoms with van der Waals surface area (Å²) in [5, 5.41) is 13.1. The number of carboxylic acid groups (broad SMARTS) is 1. The largest absolute Gasteiger partial charge is 0.475 e. The quantitative estimate of drug-likeness (QED) is 0.669. The van der Waals surface area contributed by atoms with Gasteiger partial charge in [-0.1, -0.05) is 23.4 Å². The monoisotopic (exact) mass is 390 g/mol. The van der Waals surface area contributed by atoms with Crippen LogP contribution in [-0.4, -0.2) is 24.7 Å². The maximum absolute atomic E-state index is 13.2. The maximum atomic E-state index is 13.2. The molecule has 1 atom stereocenters. The fourth-order valence-electron chi connectivity index (χ4n) is 2.63. The number of rotatable bonds is 6. The van der Waals surface area contributed by atoms with Crippen LogP contribution in [0.1, 0.15) is 29.1 Å². The molecule has 0 aliphatic rings. The Labute approximate surface area is 154 Å². The Kier molecular flexibility index (Phi) is 5.06. The van der Waals surface area contributed by atoms with Crippen molar-refractivity contribution in [3.05, 3.63) is 71.7 Å². The normalized spacial score (nSPS) is 12.7. The van der Waals surface area contributed by atoms with Crippen molar-refractivity contribution < 1.29 is 27.2 Å². The number of aromatic carboxylic acids is 1. The van der Waals surface area contributed by atoms with E-state index in [1.165, 1.54) is 43.3 Å². The van der Waals surface area contributed by atoms with E-state index in [0.717, 1.165) is 0 Å². The molecule has 0 aliphatic carbocycles. The molecule has 0 fully saturated rings. The molecule has 0 bridgehead atoms.